The first-order valence-electron chi connectivity index (χ1n) is 10.5. The van der Waals surface area contributed by atoms with Gasteiger partial charge in [-0.25, -0.2) is 0 Å². The molecular weight excluding hydrogens is 324 g/mol. The molecule has 0 nitrogen and oxygen atoms in total. The maximum atomic E-state index is 2.36. The van der Waals surface area contributed by atoms with E-state index in [2.05, 4.69) is 112 Å². The zero-order valence-electron chi connectivity index (χ0n) is 19.3. The molecule has 2 aromatic carbocycles. The molecule has 0 aliphatic carbocycles. The molecule has 0 amide bonds. The number of hydrogen-bond acceptors (Lipinski definition) is 0. The summed E-state index contributed by atoms with van der Waals surface area (Å²) in [6.45, 7) is 23.2. The van der Waals surface area contributed by atoms with E-state index in [1.165, 1.54) is 22.3 Å². The Morgan fingerprint density at radius 3 is 1.41 bits per heavy atom. The van der Waals surface area contributed by atoms with Gasteiger partial charge in [-0.1, -0.05) is 112 Å². The van der Waals surface area contributed by atoms with Crippen LogP contribution in [0, 0.1) is 0 Å². The minimum atomic E-state index is 0.134. The van der Waals surface area contributed by atoms with E-state index in [4.69, 9.17) is 0 Å². The lowest BCUT2D eigenvalue weighted by atomic mass is 9.70. The van der Waals surface area contributed by atoms with Crippen molar-refractivity contribution in [3.8, 4) is 0 Å². The Kier molecular flexibility index (Phi) is 6.00. The molecule has 1 unspecified atom stereocenters. The first-order valence-corrected chi connectivity index (χ1v) is 10.5. The summed E-state index contributed by atoms with van der Waals surface area (Å²) in [7, 11) is 0. The summed E-state index contributed by atoms with van der Waals surface area (Å²) in [4.78, 5) is 0. The number of benzene rings is 2. The largest absolute Gasteiger partial charge is 0.0645 e. The van der Waals surface area contributed by atoms with Crippen LogP contribution in [0.4, 0.5) is 0 Å². The van der Waals surface area contributed by atoms with Crippen molar-refractivity contribution in [1.82, 2.24) is 0 Å². The van der Waals surface area contributed by atoms with Gasteiger partial charge in [0.1, 0.15) is 0 Å². The summed E-state index contributed by atoms with van der Waals surface area (Å²) in [5.41, 5.74) is 7.83. The predicted octanol–water partition coefficient (Wildman–Crippen LogP) is 8.12. The van der Waals surface area contributed by atoms with Crippen molar-refractivity contribution in [3.63, 3.8) is 0 Å². The second kappa shape index (κ2) is 7.46. The van der Waals surface area contributed by atoms with Gasteiger partial charge in [-0.2, -0.15) is 0 Å². The molecule has 1 atom stereocenters. The van der Waals surface area contributed by atoms with Crippen molar-refractivity contribution >= 4 is 0 Å². The molecule has 2 rings (SSSR count). The molecular formula is C27H40. The van der Waals surface area contributed by atoms with Crippen molar-refractivity contribution in [2.75, 3.05) is 0 Å². The van der Waals surface area contributed by atoms with Gasteiger partial charge < -0.3 is 0 Å². The fraction of sp³-hybridized carbons (Fsp3) is 0.556. The van der Waals surface area contributed by atoms with Gasteiger partial charge in [-0.15, -0.1) is 0 Å². The third kappa shape index (κ3) is 4.84. The van der Waals surface area contributed by atoms with Gasteiger partial charge in [-0.05, 0) is 50.5 Å². The van der Waals surface area contributed by atoms with E-state index in [0.717, 1.165) is 6.42 Å². The van der Waals surface area contributed by atoms with Crippen molar-refractivity contribution in [3.05, 3.63) is 70.3 Å². The minimum Gasteiger partial charge on any atom is -0.0645 e. The molecule has 0 bridgehead atoms. The Balaban J connectivity index is 2.69. The predicted molar refractivity (Wildman–Crippen MR) is 121 cm³/mol. The number of hydrogen-bond donors (Lipinski definition) is 0. The zero-order valence-corrected chi connectivity index (χ0v) is 19.3. The van der Waals surface area contributed by atoms with Gasteiger partial charge in [-0.3, -0.25) is 0 Å². The van der Waals surface area contributed by atoms with E-state index < -0.39 is 0 Å². The summed E-state index contributed by atoms with van der Waals surface area (Å²) in [5.74, 6) is 0.434. The lowest BCUT2D eigenvalue weighted by Gasteiger charge is -2.34. The molecule has 0 aliphatic heterocycles. The van der Waals surface area contributed by atoms with Crippen LogP contribution in [0.2, 0.25) is 0 Å². The van der Waals surface area contributed by atoms with E-state index in [1.807, 2.05) is 0 Å². The monoisotopic (exact) mass is 364 g/mol. The lowest BCUT2D eigenvalue weighted by Crippen LogP contribution is -2.23. The summed E-state index contributed by atoms with van der Waals surface area (Å²) in [6.07, 6.45) is 1.12. The highest BCUT2D eigenvalue weighted by Gasteiger charge is 2.29. The summed E-state index contributed by atoms with van der Waals surface area (Å²) >= 11 is 0. The molecule has 0 saturated carbocycles. The third-order valence-corrected chi connectivity index (χ3v) is 5.66. The SMILES string of the molecule is CCC(c1ccc(C(C)(C)C)cc1)c1c(C(C)(C)C)cccc1C(C)(C)C. The van der Waals surface area contributed by atoms with Gasteiger partial charge in [0.2, 0.25) is 0 Å². The van der Waals surface area contributed by atoms with Gasteiger partial charge in [0.25, 0.3) is 0 Å². The first-order chi connectivity index (χ1) is 12.3. The molecule has 27 heavy (non-hydrogen) atoms. The second-order valence-corrected chi connectivity index (χ2v) is 11.1. The van der Waals surface area contributed by atoms with Crippen LogP contribution in [0.25, 0.3) is 0 Å². The van der Waals surface area contributed by atoms with E-state index >= 15 is 0 Å². The molecule has 148 valence electrons. The summed E-state index contributed by atoms with van der Waals surface area (Å²) in [6, 6.07) is 16.3. The Labute approximate surface area is 168 Å². The quantitative estimate of drug-likeness (QED) is 0.516. The second-order valence-electron chi connectivity index (χ2n) is 11.1. The van der Waals surface area contributed by atoms with E-state index in [1.54, 1.807) is 5.56 Å². The normalized spacial score (nSPS) is 14.3. The van der Waals surface area contributed by atoms with Crippen molar-refractivity contribution in [2.24, 2.45) is 0 Å². The van der Waals surface area contributed by atoms with Crippen molar-refractivity contribution in [1.29, 1.82) is 0 Å². The smallest absolute Gasteiger partial charge is 0.00926 e. The molecule has 0 heterocycles. The Morgan fingerprint density at radius 1 is 0.630 bits per heavy atom. The van der Waals surface area contributed by atoms with Gasteiger partial charge in [0.05, 0.1) is 0 Å². The van der Waals surface area contributed by atoms with Gasteiger partial charge in [0, 0.05) is 5.92 Å². The van der Waals surface area contributed by atoms with Crippen LogP contribution < -0.4 is 0 Å². The number of rotatable bonds is 3. The molecule has 0 fully saturated rings. The molecule has 0 aliphatic rings. The van der Waals surface area contributed by atoms with Gasteiger partial charge >= 0.3 is 0 Å². The first kappa shape index (κ1) is 21.7. The Bertz CT molecular complexity index is 723. The zero-order chi connectivity index (χ0) is 20.6. The summed E-state index contributed by atoms with van der Waals surface area (Å²) < 4.78 is 0. The van der Waals surface area contributed by atoms with E-state index in [9.17, 15) is 0 Å². The van der Waals surface area contributed by atoms with Crippen LogP contribution in [0.5, 0.6) is 0 Å². The topological polar surface area (TPSA) is 0 Å². The van der Waals surface area contributed by atoms with E-state index in [-0.39, 0.29) is 16.2 Å². The third-order valence-electron chi connectivity index (χ3n) is 5.66. The molecule has 2 aromatic rings. The molecule has 0 saturated heterocycles. The molecule has 0 aromatic heterocycles. The highest BCUT2D eigenvalue weighted by Crippen LogP contribution is 2.42. The molecule has 0 spiro atoms. The highest BCUT2D eigenvalue weighted by atomic mass is 14.3. The van der Waals surface area contributed by atoms with Crippen LogP contribution in [0.15, 0.2) is 42.5 Å². The Morgan fingerprint density at radius 2 is 1.07 bits per heavy atom. The maximum Gasteiger partial charge on any atom is 0.00926 e. The van der Waals surface area contributed by atoms with Crippen molar-refractivity contribution < 1.29 is 0 Å². The minimum absolute atomic E-state index is 0.134. The average Bonchev–Trinajstić information content (AvgIpc) is 2.53. The van der Waals surface area contributed by atoms with Gasteiger partial charge in [0.15, 0.2) is 0 Å². The van der Waals surface area contributed by atoms with E-state index in [0.29, 0.717) is 5.92 Å². The Hall–Kier alpha value is -1.56. The van der Waals surface area contributed by atoms with Crippen LogP contribution in [-0.2, 0) is 16.2 Å². The standard InChI is InChI=1S/C27H40/c1-11-21(19-15-17-20(18-16-19)25(2,3)4)24-22(26(5,6)7)13-12-14-23(24)27(8,9)10/h12-18,21H,11H2,1-10H3. The van der Waals surface area contributed by atoms with Crippen LogP contribution in [0.1, 0.15) is 109 Å². The molecule has 0 N–H and O–H groups in total. The maximum absolute atomic E-state index is 2.36. The highest BCUT2D eigenvalue weighted by molar-refractivity contribution is 5.49. The molecule has 0 radical (unpaired) electrons. The average molecular weight is 365 g/mol. The van der Waals surface area contributed by atoms with Crippen LogP contribution >= 0.6 is 0 Å². The van der Waals surface area contributed by atoms with Crippen LogP contribution in [-0.4, -0.2) is 0 Å². The fourth-order valence-corrected chi connectivity index (χ4v) is 4.07. The fourth-order valence-electron chi connectivity index (χ4n) is 4.07. The summed E-state index contributed by atoms with van der Waals surface area (Å²) in [5, 5.41) is 0. The van der Waals surface area contributed by atoms with Crippen LogP contribution in [0.3, 0.4) is 0 Å². The lowest BCUT2D eigenvalue weighted by molar-refractivity contribution is 0.543. The molecule has 0 heteroatoms. The van der Waals surface area contributed by atoms with Crippen molar-refractivity contribution in [2.45, 2.75) is 97.8 Å².